The number of hydrogen-bond donors (Lipinski definition) is 1. The number of aliphatic carboxylic acids is 1. The molecule has 1 fully saturated rings. The van der Waals surface area contributed by atoms with Gasteiger partial charge in [0.25, 0.3) is 0 Å². The second-order valence-electron chi connectivity index (χ2n) is 6.62. The van der Waals surface area contributed by atoms with E-state index in [-0.39, 0.29) is 6.04 Å². The Balaban J connectivity index is 2.12. The number of methoxy groups -OCH3 is 1. The van der Waals surface area contributed by atoms with Crippen molar-refractivity contribution in [2.75, 3.05) is 13.7 Å². The molecule has 1 aliphatic heterocycles. The first-order chi connectivity index (χ1) is 12.5. The summed E-state index contributed by atoms with van der Waals surface area (Å²) in [5.41, 5.74) is 3.20. The molecule has 1 saturated heterocycles. The summed E-state index contributed by atoms with van der Waals surface area (Å²) in [7, 11) is 1.63. The van der Waals surface area contributed by atoms with E-state index in [1.807, 2.05) is 12.1 Å². The fourth-order valence-corrected chi connectivity index (χ4v) is 3.95. The molecule has 1 N–H and O–H groups in total. The number of carboxylic acids is 1. The molecule has 2 unspecified atom stereocenters. The molecule has 2 aromatic carbocycles. The van der Waals surface area contributed by atoms with Crippen molar-refractivity contribution >= 4 is 17.6 Å². The van der Waals surface area contributed by atoms with Crippen LogP contribution >= 0.6 is 11.6 Å². The van der Waals surface area contributed by atoms with Crippen LogP contribution in [0.5, 0.6) is 5.75 Å². The van der Waals surface area contributed by atoms with E-state index in [0.717, 1.165) is 36.3 Å². The van der Waals surface area contributed by atoms with Gasteiger partial charge in [-0.1, -0.05) is 42.8 Å². The Bertz CT molecular complexity index is 775. The monoisotopic (exact) mass is 373 g/mol. The zero-order valence-electron chi connectivity index (χ0n) is 15.1. The van der Waals surface area contributed by atoms with Gasteiger partial charge in [0.2, 0.25) is 0 Å². The lowest BCUT2D eigenvalue weighted by Crippen LogP contribution is -2.39. The molecule has 1 aliphatic rings. The molecule has 1 heterocycles. The summed E-state index contributed by atoms with van der Waals surface area (Å²) < 4.78 is 5.57. The average molecular weight is 374 g/mol. The first-order valence-electron chi connectivity index (χ1n) is 8.96. The van der Waals surface area contributed by atoms with E-state index in [1.54, 1.807) is 13.2 Å². The Morgan fingerprint density at radius 1 is 1.31 bits per heavy atom. The number of hydrogen-bond acceptors (Lipinski definition) is 3. The second kappa shape index (κ2) is 8.11. The highest BCUT2D eigenvalue weighted by Crippen LogP contribution is 2.40. The maximum absolute atomic E-state index is 11.8. The fraction of sp³-hybridized carbons (Fsp3) is 0.381. The van der Waals surface area contributed by atoms with Crippen LogP contribution < -0.4 is 4.74 Å². The SMILES string of the molecule is CCc1ccc(C(c2cc(Cl)ccc2OC)N2CCCC2C(=O)O)cc1. The number of halogens is 1. The minimum atomic E-state index is -0.779. The van der Waals surface area contributed by atoms with Gasteiger partial charge < -0.3 is 9.84 Å². The maximum atomic E-state index is 11.8. The minimum absolute atomic E-state index is 0.210. The molecule has 0 bridgehead atoms. The second-order valence-corrected chi connectivity index (χ2v) is 7.05. The van der Waals surface area contributed by atoms with Crippen LogP contribution in [0.25, 0.3) is 0 Å². The normalized spacial score (nSPS) is 18.7. The van der Waals surface area contributed by atoms with Crippen molar-refractivity contribution in [2.24, 2.45) is 0 Å². The predicted molar refractivity (Wildman–Crippen MR) is 103 cm³/mol. The Kier molecular flexibility index (Phi) is 5.84. The van der Waals surface area contributed by atoms with Gasteiger partial charge in [0, 0.05) is 17.1 Å². The van der Waals surface area contributed by atoms with E-state index in [0.29, 0.717) is 11.4 Å². The molecule has 26 heavy (non-hydrogen) atoms. The lowest BCUT2D eigenvalue weighted by atomic mass is 9.94. The highest BCUT2D eigenvalue weighted by Gasteiger charge is 2.37. The number of aryl methyl sites for hydroxylation is 1. The molecule has 0 radical (unpaired) electrons. The molecule has 0 saturated carbocycles. The van der Waals surface area contributed by atoms with Crippen LogP contribution in [0.2, 0.25) is 5.02 Å². The van der Waals surface area contributed by atoms with Gasteiger partial charge in [-0.25, -0.2) is 0 Å². The molecule has 0 aromatic heterocycles. The van der Waals surface area contributed by atoms with Crippen molar-refractivity contribution in [2.45, 2.75) is 38.3 Å². The summed E-state index contributed by atoms with van der Waals surface area (Å²) in [6.45, 7) is 2.85. The van der Waals surface area contributed by atoms with Crippen LogP contribution in [0.3, 0.4) is 0 Å². The molecule has 2 atom stereocenters. The van der Waals surface area contributed by atoms with Crippen LogP contribution in [0.15, 0.2) is 42.5 Å². The summed E-state index contributed by atoms with van der Waals surface area (Å²) in [6, 6.07) is 13.2. The summed E-state index contributed by atoms with van der Waals surface area (Å²) in [5.74, 6) is -0.0614. The molecule has 138 valence electrons. The molecule has 0 spiro atoms. The van der Waals surface area contributed by atoms with Crippen LogP contribution in [-0.4, -0.2) is 35.7 Å². The van der Waals surface area contributed by atoms with Crippen molar-refractivity contribution in [3.05, 3.63) is 64.2 Å². The van der Waals surface area contributed by atoms with Gasteiger partial charge in [0.15, 0.2) is 0 Å². The first-order valence-corrected chi connectivity index (χ1v) is 9.33. The van der Waals surface area contributed by atoms with Crippen LogP contribution in [0.4, 0.5) is 0 Å². The number of carbonyl (C=O) groups is 1. The van der Waals surface area contributed by atoms with Crippen molar-refractivity contribution < 1.29 is 14.6 Å². The van der Waals surface area contributed by atoms with Crippen LogP contribution in [0.1, 0.15) is 42.5 Å². The van der Waals surface area contributed by atoms with Gasteiger partial charge in [-0.2, -0.15) is 0 Å². The fourth-order valence-electron chi connectivity index (χ4n) is 3.77. The maximum Gasteiger partial charge on any atom is 0.320 e. The van der Waals surface area contributed by atoms with Crippen molar-refractivity contribution in [3.8, 4) is 5.75 Å². The Morgan fingerprint density at radius 2 is 2.04 bits per heavy atom. The predicted octanol–water partition coefficient (Wildman–Crippen LogP) is 4.55. The van der Waals surface area contributed by atoms with E-state index in [9.17, 15) is 9.90 Å². The first kappa shape index (κ1) is 18.7. The van der Waals surface area contributed by atoms with Crippen LogP contribution in [-0.2, 0) is 11.2 Å². The molecular weight excluding hydrogens is 350 g/mol. The third kappa shape index (κ3) is 3.71. The molecule has 5 heteroatoms. The topological polar surface area (TPSA) is 49.8 Å². The number of likely N-dealkylation sites (tertiary alicyclic amines) is 1. The quantitative estimate of drug-likeness (QED) is 0.807. The number of benzene rings is 2. The Morgan fingerprint density at radius 3 is 2.65 bits per heavy atom. The smallest absolute Gasteiger partial charge is 0.320 e. The van der Waals surface area contributed by atoms with E-state index >= 15 is 0 Å². The Hall–Kier alpha value is -2.04. The molecule has 2 aromatic rings. The van der Waals surface area contributed by atoms with Gasteiger partial charge in [0.05, 0.1) is 13.2 Å². The van der Waals surface area contributed by atoms with Crippen LogP contribution in [0, 0.1) is 0 Å². The summed E-state index contributed by atoms with van der Waals surface area (Å²) in [5, 5.41) is 10.3. The molecule has 3 rings (SSSR count). The average Bonchev–Trinajstić information content (AvgIpc) is 3.12. The largest absolute Gasteiger partial charge is 0.496 e. The Labute approximate surface area is 159 Å². The van der Waals surface area contributed by atoms with Gasteiger partial charge in [-0.05, 0) is 48.6 Å². The van der Waals surface area contributed by atoms with Gasteiger partial charge in [-0.3, -0.25) is 9.69 Å². The van der Waals surface area contributed by atoms with Crippen molar-refractivity contribution in [1.82, 2.24) is 4.90 Å². The number of nitrogens with zero attached hydrogens (tertiary/aromatic N) is 1. The molecule has 0 amide bonds. The van der Waals surface area contributed by atoms with E-state index < -0.39 is 12.0 Å². The third-order valence-corrected chi connectivity index (χ3v) is 5.34. The summed E-state index contributed by atoms with van der Waals surface area (Å²) >= 11 is 6.27. The molecular formula is C21H24ClNO3. The highest BCUT2D eigenvalue weighted by atomic mass is 35.5. The van der Waals surface area contributed by atoms with Crippen molar-refractivity contribution in [3.63, 3.8) is 0 Å². The lowest BCUT2D eigenvalue weighted by Gasteiger charge is -2.33. The number of ether oxygens (including phenoxy) is 1. The third-order valence-electron chi connectivity index (χ3n) is 5.10. The summed E-state index contributed by atoms with van der Waals surface area (Å²) in [4.78, 5) is 13.9. The minimum Gasteiger partial charge on any atom is -0.496 e. The number of rotatable bonds is 6. The van der Waals surface area contributed by atoms with Gasteiger partial charge >= 0.3 is 5.97 Å². The van der Waals surface area contributed by atoms with Gasteiger partial charge in [0.1, 0.15) is 11.8 Å². The molecule has 4 nitrogen and oxygen atoms in total. The zero-order valence-corrected chi connectivity index (χ0v) is 15.9. The standard InChI is InChI=1S/C21H24ClNO3/c1-3-14-6-8-15(9-7-14)20(23-12-4-5-18(23)21(24)25)17-13-16(22)10-11-19(17)26-2/h6-11,13,18,20H,3-5,12H2,1-2H3,(H,24,25). The molecule has 0 aliphatic carbocycles. The zero-order chi connectivity index (χ0) is 18.7. The van der Waals surface area contributed by atoms with Gasteiger partial charge in [-0.15, -0.1) is 0 Å². The lowest BCUT2D eigenvalue weighted by molar-refractivity contribution is -0.142. The number of carboxylic acid groups (broad SMARTS) is 1. The van der Waals surface area contributed by atoms with Crippen molar-refractivity contribution in [1.29, 1.82) is 0 Å². The van der Waals surface area contributed by atoms with E-state index in [2.05, 4.69) is 36.1 Å². The van der Waals surface area contributed by atoms with E-state index in [1.165, 1.54) is 5.56 Å². The summed E-state index contributed by atoms with van der Waals surface area (Å²) in [6.07, 6.45) is 2.48. The highest BCUT2D eigenvalue weighted by molar-refractivity contribution is 6.30. The van der Waals surface area contributed by atoms with E-state index in [4.69, 9.17) is 16.3 Å².